The monoisotopic (exact) mass is 460 g/mol. The molecule has 0 saturated carbocycles. The Morgan fingerprint density at radius 3 is 1.89 bits per heavy atom. The van der Waals surface area contributed by atoms with Gasteiger partial charge < -0.3 is 9.13 Å². The zero-order valence-corrected chi connectivity index (χ0v) is 19.1. The van der Waals surface area contributed by atoms with E-state index in [1.807, 2.05) is 70.3 Å². The van der Waals surface area contributed by atoms with Crippen molar-refractivity contribution in [1.29, 1.82) is 0 Å². The van der Waals surface area contributed by atoms with Gasteiger partial charge in [0.25, 0.3) is 0 Å². The molecule has 0 aliphatic rings. The molecule has 35 heavy (non-hydrogen) atoms. The Labute approximate surface area is 202 Å². The molecule has 0 aliphatic heterocycles. The molecule has 0 atom stereocenters. The van der Waals surface area contributed by atoms with Crippen LogP contribution in [0.2, 0.25) is 0 Å². The van der Waals surface area contributed by atoms with Gasteiger partial charge in [-0.3, -0.25) is 0 Å². The van der Waals surface area contributed by atoms with Gasteiger partial charge in [0.1, 0.15) is 24.5 Å². The first kappa shape index (κ1) is 21.0. The molecule has 6 rings (SSSR count). The Balaban J connectivity index is 1.21. The summed E-state index contributed by atoms with van der Waals surface area (Å²) in [7, 11) is 0. The molecule has 0 unspecified atom stereocenters. The lowest BCUT2D eigenvalue weighted by Gasteiger charge is -2.01. The van der Waals surface area contributed by atoms with Gasteiger partial charge in [0.15, 0.2) is 0 Å². The maximum atomic E-state index is 4.39. The molecule has 0 fully saturated rings. The van der Waals surface area contributed by atoms with Gasteiger partial charge in [-0.1, -0.05) is 95.4 Å². The van der Waals surface area contributed by atoms with E-state index in [0.29, 0.717) is 26.2 Å². The van der Waals surface area contributed by atoms with Gasteiger partial charge in [0.05, 0.1) is 25.5 Å². The maximum absolute atomic E-state index is 4.39. The molecule has 0 radical (unpaired) electrons. The van der Waals surface area contributed by atoms with Gasteiger partial charge in [0, 0.05) is 11.0 Å². The van der Waals surface area contributed by atoms with Crippen LogP contribution in [-0.4, -0.2) is 34.6 Å². The molecule has 172 valence electrons. The third kappa shape index (κ3) is 4.72. The normalized spacial score (nSPS) is 11.3. The Hall–Kier alpha value is -4.59. The summed E-state index contributed by atoms with van der Waals surface area (Å²) in [5.74, 6) is 0. The molecule has 0 bridgehead atoms. The quantitative estimate of drug-likeness (QED) is 0.259. The molecule has 3 aromatic carbocycles. The van der Waals surface area contributed by atoms with Crippen LogP contribution in [0, 0.1) is 6.33 Å². The van der Waals surface area contributed by atoms with E-state index in [0.717, 1.165) is 22.4 Å². The van der Waals surface area contributed by atoms with E-state index in [-0.39, 0.29) is 0 Å². The van der Waals surface area contributed by atoms with Crippen molar-refractivity contribution in [3.63, 3.8) is 0 Å². The van der Waals surface area contributed by atoms with Crippen molar-refractivity contribution in [1.82, 2.24) is 34.6 Å². The van der Waals surface area contributed by atoms with Crippen molar-refractivity contribution < 1.29 is 4.57 Å². The van der Waals surface area contributed by atoms with Crippen LogP contribution in [0.25, 0.3) is 11.0 Å². The average Bonchev–Trinajstić information content (AvgIpc) is 3.61. The third-order valence-electron chi connectivity index (χ3n) is 5.89. The number of hydrogen-bond donors (Lipinski definition) is 0. The highest BCUT2D eigenvalue weighted by molar-refractivity contribution is 5.71. The number of hydrogen-bond acceptors (Lipinski definition) is 4. The summed E-state index contributed by atoms with van der Waals surface area (Å²) in [4.78, 5) is 0. The summed E-state index contributed by atoms with van der Waals surface area (Å²) in [6.07, 6.45) is 7.47. The van der Waals surface area contributed by atoms with Crippen molar-refractivity contribution in [3.8, 4) is 0 Å². The summed E-state index contributed by atoms with van der Waals surface area (Å²) in [5, 5.41) is 17.4. The van der Waals surface area contributed by atoms with Crippen molar-refractivity contribution in [2.45, 2.75) is 26.2 Å². The number of imidazole rings is 1. The van der Waals surface area contributed by atoms with Gasteiger partial charge in [-0.2, -0.15) is 0 Å². The van der Waals surface area contributed by atoms with E-state index in [2.05, 4.69) is 72.5 Å². The summed E-state index contributed by atoms with van der Waals surface area (Å²) in [6.45, 7) is 2.57. The number of benzene rings is 3. The fourth-order valence-electron chi connectivity index (χ4n) is 4.26. The molecule has 8 nitrogen and oxygen atoms in total. The number of aromatic nitrogens is 8. The zero-order chi connectivity index (χ0) is 23.5. The van der Waals surface area contributed by atoms with Crippen molar-refractivity contribution in [2.75, 3.05) is 0 Å². The average molecular weight is 461 g/mol. The Morgan fingerprint density at radius 1 is 0.629 bits per heavy atom. The SMILES string of the molecule is [c-]1n(Cc2cn(Cc3ccccc3)nn2)c2ccccc2[n+]1Cc1cn(Cc2ccccc2)nn1. The molecule has 0 N–H and O–H groups in total. The predicted octanol–water partition coefficient (Wildman–Crippen LogP) is 3.11. The van der Waals surface area contributed by atoms with Crippen molar-refractivity contribution in [3.05, 3.63) is 126 Å². The number of rotatable bonds is 8. The largest absolute Gasteiger partial charge is 0.339 e. The molecular formula is C27H24N8. The number of fused-ring (bicyclic) bond motifs is 1. The molecule has 0 aliphatic carbocycles. The molecule has 3 aromatic heterocycles. The highest BCUT2D eigenvalue weighted by Crippen LogP contribution is 2.13. The minimum Gasteiger partial charge on any atom is -0.339 e. The van der Waals surface area contributed by atoms with Crippen LogP contribution in [0.15, 0.2) is 97.3 Å². The van der Waals surface area contributed by atoms with Crippen molar-refractivity contribution >= 4 is 11.0 Å². The second-order valence-corrected chi connectivity index (χ2v) is 8.55. The van der Waals surface area contributed by atoms with Crippen LogP contribution in [-0.2, 0) is 26.2 Å². The third-order valence-corrected chi connectivity index (χ3v) is 5.89. The molecule has 3 heterocycles. The van der Waals surface area contributed by atoms with Crippen LogP contribution in [0.3, 0.4) is 0 Å². The Kier molecular flexibility index (Phi) is 5.60. The first-order valence-electron chi connectivity index (χ1n) is 11.6. The topological polar surface area (TPSA) is 70.2 Å². The summed E-state index contributed by atoms with van der Waals surface area (Å²) < 4.78 is 7.91. The lowest BCUT2D eigenvalue weighted by molar-refractivity contribution is -0.668. The standard InChI is InChI=1S/C27H24N8/c1-3-9-22(10-4-1)15-34-19-24(28-30-34)17-32-21-33(27-14-8-7-13-26(27)32)18-25-20-35(31-29-25)16-23-11-5-2-6-12-23/h1-14,19-20H,15-18H2. The summed E-state index contributed by atoms with van der Waals surface area (Å²) in [5.41, 5.74) is 6.33. The van der Waals surface area contributed by atoms with Gasteiger partial charge >= 0.3 is 0 Å². The maximum Gasteiger partial charge on any atom is 0.205 e. The molecule has 0 spiro atoms. The number of para-hydroxylation sites is 2. The van der Waals surface area contributed by atoms with Crippen molar-refractivity contribution in [2.24, 2.45) is 0 Å². The van der Waals surface area contributed by atoms with Crippen LogP contribution in [0.4, 0.5) is 0 Å². The molecule has 6 aromatic rings. The number of nitrogens with zero attached hydrogens (tertiary/aromatic N) is 8. The summed E-state index contributed by atoms with van der Waals surface area (Å²) in [6, 6.07) is 28.8. The van der Waals surface area contributed by atoms with E-state index in [9.17, 15) is 0 Å². The van der Waals surface area contributed by atoms with E-state index < -0.39 is 0 Å². The van der Waals surface area contributed by atoms with Gasteiger partial charge in [-0.05, 0) is 11.1 Å². The fourth-order valence-corrected chi connectivity index (χ4v) is 4.26. The second-order valence-electron chi connectivity index (χ2n) is 8.55. The fraction of sp³-hybridized carbons (Fsp3) is 0.148. The van der Waals surface area contributed by atoms with E-state index in [1.165, 1.54) is 11.1 Å². The lowest BCUT2D eigenvalue weighted by atomic mass is 10.2. The molecule has 0 saturated heterocycles. The smallest absolute Gasteiger partial charge is 0.205 e. The minimum atomic E-state index is 0.586. The van der Waals surface area contributed by atoms with Crippen LogP contribution in [0.1, 0.15) is 22.5 Å². The first-order valence-corrected chi connectivity index (χ1v) is 11.6. The minimum absolute atomic E-state index is 0.586. The second kappa shape index (κ2) is 9.34. The van der Waals surface area contributed by atoms with Crippen LogP contribution < -0.4 is 4.57 Å². The molecule has 8 heteroatoms. The van der Waals surface area contributed by atoms with Gasteiger partial charge in [-0.25, -0.2) is 9.36 Å². The van der Waals surface area contributed by atoms with E-state index >= 15 is 0 Å². The Bertz CT molecular complexity index is 1430. The first-order chi connectivity index (χ1) is 17.3. The van der Waals surface area contributed by atoms with E-state index in [4.69, 9.17) is 0 Å². The van der Waals surface area contributed by atoms with Crippen LogP contribution >= 0.6 is 0 Å². The lowest BCUT2D eigenvalue weighted by Crippen LogP contribution is -2.33. The summed E-state index contributed by atoms with van der Waals surface area (Å²) >= 11 is 0. The Morgan fingerprint density at radius 2 is 1.20 bits per heavy atom. The van der Waals surface area contributed by atoms with Gasteiger partial charge in [0.2, 0.25) is 6.33 Å². The van der Waals surface area contributed by atoms with Crippen LogP contribution in [0.5, 0.6) is 0 Å². The van der Waals surface area contributed by atoms with E-state index in [1.54, 1.807) is 0 Å². The highest BCUT2D eigenvalue weighted by Gasteiger charge is 2.12. The predicted molar refractivity (Wildman–Crippen MR) is 130 cm³/mol. The molecule has 0 amide bonds. The van der Waals surface area contributed by atoms with Gasteiger partial charge in [-0.15, -0.1) is 10.2 Å². The zero-order valence-electron chi connectivity index (χ0n) is 19.1. The highest BCUT2D eigenvalue weighted by atomic mass is 15.4. The molecular weight excluding hydrogens is 436 g/mol.